The summed E-state index contributed by atoms with van der Waals surface area (Å²) in [6.45, 7) is 0.781. The molecule has 4 aromatic rings. The lowest BCUT2D eigenvalue weighted by Gasteiger charge is -2.12. The van der Waals surface area contributed by atoms with Crippen molar-refractivity contribution < 1.29 is 14.6 Å². The van der Waals surface area contributed by atoms with Crippen molar-refractivity contribution >= 4 is 28.6 Å². The van der Waals surface area contributed by atoms with Crippen LogP contribution in [0.1, 0.15) is 21.7 Å². The molecule has 1 aromatic heterocycles. The molecule has 29 heavy (non-hydrogen) atoms. The van der Waals surface area contributed by atoms with E-state index in [1.54, 1.807) is 25.3 Å². The highest BCUT2D eigenvalue weighted by Crippen LogP contribution is 2.28. The van der Waals surface area contributed by atoms with Gasteiger partial charge in [0.25, 0.3) is 0 Å². The van der Waals surface area contributed by atoms with Gasteiger partial charge >= 0.3 is 5.97 Å². The number of ether oxygens (including phenoxy) is 1. The first-order valence-electron chi connectivity index (χ1n) is 9.12. The maximum Gasteiger partial charge on any atom is 0.335 e. The van der Waals surface area contributed by atoms with Crippen LogP contribution in [0.15, 0.2) is 66.7 Å². The van der Waals surface area contributed by atoms with Crippen LogP contribution in [0.4, 0.5) is 0 Å². The molecule has 1 N–H and O–H groups in total. The van der Waals surface area contributed by atoms with Gasteiger partial charge in [0.2, 0.25) is 0 Å². The first-order chi connectivity index (χ1) is 14.1. The van der Waals surface area contributed by atoms with Crippen LogP contribution in [0.3, 0.4) is 0 Å². The Balaban J connectivity index is 1.75. The molecule has 0 aliphatic carbocycles. The number of nitrogens with zero attached hydrogens (tertiary/aromatic N) is 2. The summed E-state index contributed by atoms with van der Waals surface area (Å²) in [5, 5.41) is 9.99. The molecule has 0 fully saturated rings. The Morgan fingerprint density at radius 2 is 1.86 bits per heavy atom. The summed E-state index contributed by atoms with van der Waals surface area (Å²) in [4.78, 5) is 16.0. The van der Waals surface area contributed by atoms with Gasteiger partial charge in [0.1, 0.15) is 12.4 Å². The topological polar surface area (TPSA) is 64.3 Å². The van der Waals surface area contributed by atoms with Gasteiger partial charge in [0.05, 0.1) is 23.1 Å². The van der Waals surface area contributed by atoms with Crippen molar-refractivity contribution in [3.05, 3.63) is 88.7 Å². The number of imidazole rings is 1. The van der Waals surface area contributed by atoms with Gasteiger partial charge in [-0.25, -0.2) is 9.78 Å². The predicted octanol–water partition coefficient (Wildman–Crippen LogP) is 5.25. The third-order valence-electron chi connectivity index (χ3n) is 4.84. The van der Waals surface area contributed by atoms with Gasteiger partial charge in [-0.05, 0) is 41.0 Å². The van der Waals surface area contributed by atoms with Crippen molar-refractivity contribution in [2.75, 3.05) is 7.11 Å². The van der Waals surface area contributed by atoms with Gasteiger partial charge in [0.15, 0.2) is 0 Å². The SMILES string of the molecule is COCc1nc2ccc(C(=O)O)cc2n1Cc1ccc(-c2ccccc2)cc1Cl. The number of halogens is 1. The molecule has 0 amide bonds. The van der Waals surface area contributed by atoms with Crippen molar-refractivity contribution in [2.45, 2.75) is 13.2 Å². The quantitative estimate of drug-likeness (QED) is 0.475. The number of carboxylic acid groups (broad SMARTS) is 1. The number of hydrogen-bond donors (Lipinski definition) is 1. The highest BCUT2D eigenvalue weighted by molar-refractivity contribution is 6.31. The number of carbonyl (C=O) groups is 1. The Labute approximate surface area is 173 Å². The van der Waals surface area contributed by atoms with Crippen LogP contribution < -0.4 is 0 Å². The van der Waals surface area contributed by atoms with Crippen molar-refractivity contribution in [1.29, 1.82) is 0 Å². The predicted molar refractivity (Wildman–Crippen MR) is 113 cm³/mol. The Morgan fingerprint density at radius 3 is 2.55 bits per heavy atom. The molecule has 1 heterocycles. The van der Waals surface area contributed by atoms with E-state index in [0.717, 1.165) is 27.7 Å². The molecule has 0 saturated heterocycles. The third kappa shape index (κ3) is 3.88. The van der Waals surface area contributed by atoms with Crippen molar-refractivity contribution in [2.24, 2.45) is 0 Å². The number of methoxy groups -OCH3 is 1. The average Bonchev–Trinajstić information content (AvgIpc) is 3.06. The first kappa shape index (κ1) is 19.2. The van der Waals surface area contributed by atoms with Crippen LogP contribution in [0.2, 0.25) is 5.02 Å². The average molecular weight is 407 g/mol. The molecular formula is C23H19ClN2O3. The Bertz CT molecular complexity index is 1190. The van der Waals surface area contributed by atoms with Gasteiger partial charge in [-0.15, -0.1) is 0 Å². The molecule has 4 rings (SSSR count). The Kier molecular flexibility index (Phi) is 5.34. The van der Waals surface area contributed by atoms with E-state index in [4.69, 9.17) is 16.3 Å². The highest BCUT2D eigenvalue weighted by atomic mass is 35.5. The maximum absolute atomic E-state index is 11.4. The summed E-state index contributed by atoms with van der Waals surface area (Å²) in [6.07, 6.45) is 0. The molecular weight excluding hydrogens is 388 g/mol. The molecule has 0 aliphatic heterocycles. The van der Waals surface area contributed by atoms with E-state index in [1.165, 1.54) is 0 Å². The van der Waals surface area contributed by atoms with Crippen molar-refractivity contribution in [3.63, 3.8) is 0 Å². The number of carboxylic acids is 1. The fourth-order valence-electron chi connectivity index (χ4n) is 3.38. The van der Waals surface area contributed by atoms with Crippen LogP contribution in [0.25, 0.3) is 22.2 Å². The van der Waals surface area contributed by atoms with Gasteiger partial charge in [-0.1, -0.05) is 54.1 Å². The summed E-state index contributed by atoms with van der Waals surface area (Å²) in [6, 6.07) is 20.9. The zero-order valence-electron chi connectivity index (χ0n) is 15.8. The lowest BCUT2D eigenvalue weighted by molar-refractivity contribution is 0.0697. The minimum absolute atomic E-state index is 0.216. The molecule has 0 bridgehead atoms. The molecule has 146 valence electrons. The number of fused-ring (bicyclic) bond motifs is 1. The summed E-state index contributed by atoms with van der Waals surface area (Å²) in [5.41, 5.74) is 4.73. The summed E-state index contributed by atoms with van der Waals surface area (Å²) in [5.74, 6) is -0.258. The Hall–Kier alpha value is -3.15. The minimum Gasteiger partial charge on any atom is -0.478 e. The van der Waals surface area contributed by atoms with Crippen LogP contribution in [0.5, 0.6) is 0 Å². The van der Waals surface area contributed by atoms with Crippen LogP contribution in [-0.4, -0.2) is 27.7 Å². The molecule has 0 radical (unpaired) electrons. The highest BCUT2D eigenvalue weighted by Gasteiger charge is 2.15. The summed E-state index contributed by atoms with van der Waals surface area (Å²) in [7, 11) is 1.61. The van der Waals surface area contributed by atoms with Gasteiger partial charge in [-0.2, -0.15) is 0 Å². The van der Waals surface area contributed by atoms with Gasteiger partial charge in [0, 0.05) is 12.1 Å². The van der Waals surface area contributed by atoms with Crippen LogP contribution in [0, 0.1) is 0 Å². The van der Waals surface area contributed by atoms with Crippen molar-refractivity contribution in [1.82, 2.24) is 9.55 Å². The molecule has 0 atom stereocenters. The lowest BCUT2D eigenvalue weighted by atomic mass is 10.0. The van der Waals surface area contributed by atoms with Crippen LogP contribution in [-0.2, 0) is 17.9 Å². The summed E-state index contributed by atoms with van der Waals surface area (Å²) >= 11 is 6.60. The van der Waals surface area contributed by atoms with E-state index >= 15 is 0 Å². The number of benzene rings is 3. The van der Waals surface area contributed by atoms with E-state index < -0.39 is 5.97 Å². The van der Waals surface area contributed by atoms with E-state index in [2.05, 4.69) is 4.98 Å². The number of hydrogen-bond acceptors (Lipinski definition) is 3. The first-order valence-corrected chi connectivity index (χ1v) is 9.50. The smallest absolute Gasteiger partial charge is 0.335 e. The minimum atomic E-state index is -0.974. The van der Waals surface area contributed by atoms with E-state index in [9.17, 15) is 9.90 Å². The second kappa shape index (κ2) is 8.07. The lowest BCUT2D eigenvalue weighted by Crippen LogP contribution is -2.07. The fraction of sp³-hybridized carbons (Fsp3) is 0.130. The van der Waals surface area contributed by atoms with Gasteiger partial charge in [-0.3, -0.25) is 0 Å². The zero-order valence-corrected chi connectivity index (χ0v) is 16.6. The third-order valence-corrected chi connectivity index (χ3v) is 5.19. The van der Waals surface area contributed by atoms with E-state index in [0.29, 0.717) is 24.0 Å². The molecule has 5 nitrogen and oxygen atoms in total. The normalized spacial score (nSPS) is 11.1. The Morgan fingerprint density at radius 1 is 1.07 bits per heavy atom. The molecule has 6 heteroatoms. The molecule has 3 aromatic carbocycles. The molecule has 0 aliphatic rings. The van der Waals surface area contributed by atoms with E-state index in [1.807, 2.05) is 53.1 Å². The zero-order chi connectivity index (χ0) is 20.4. The molecule has 0 saturated carbocycles. The van der Waals surface area contributed by atoms with Gasteiger partial charge < -0.3 is 14.4 Å². The number of rotatable bonds is 6. The molecule has 0 unspecified atom stereocenters. The van der Waals surface area contributed by atoms with Crippen LogP contribution >= 0.6 is 11.6 Å². The van der Waals surface area contributed by atoms with Crippen molar-refractivity contribution in [3.8, 4) is 11.1 Å². The summed E-state index contributed by atoms with van der Waals surface area (Å²) < 4.78 is 7.24. The number of aromatic carboxylic acids is 1. The second-order valence-electron chi connectivity index (χ2n) is 6.73. The maximum atomic E-state index is 11.4. The number of aromatic nitrogens is 2. The second-order valence-corrected chi connectivity index (χ2v) is 7.14. The monoisotopic (exact) mass is 406 g/mol. The van der Waals surface area contributed by atoms with E-state index in [-0.39, 0.29) is 5.56 Å². The largest absolute Gasteiger partial charge is 0.478 e. The standard InChI is InChI=1S/C23H19ClN2O3/c1-29-14-22-25-20-10-9-17(23(27)28)12-21(20)26(22)13-18-8-7-16(11-19(18)24)15-5-3-2-4-6-15/h2-12H,13-14H2,1H3,(H,27,28). The molecule has 0 spiro atoms. The fourth-order valence-corrected chi connectivity index (χ4v) is 3.62.